The number of methoxy groups -OCH3 is 1. The lowest BCUT2D eigenvalue weighted by molar-refractivity contribution is -0.145. The molecular formula is C15H27NO4. The molecule has 0 spiro atoms. The highest BCUT2D eigenvalue weighted by atomic mass is 16.5. The molecule has 0 aromatic carbocycles. The molecule has 5 heteroatoms. The van der Waals surface area contributed by atoms with Crippen LogP contribution in [0, 0.1) is 5.92 Å². The molecule has 0 saturated carbocycles. The van der Waals surface area contributed by atoms with Crippen molar-refractivity contribution in [1.29, 1.82) is 0 Å². The summed E-state index contributed by atoms with van der Waals surface area (Å²) in [5, 5.41) is 2.77. The van der Waals surface area contributed by atoms with Crippen LogP contribution < -0.4 is 5.32 Å². The number of ether oxygens (including phenoxy) is 2. The summed E-state index contributed by atoms with van der Waals surface area (Å²) < 4.78 is 10.3. The Bertz CT molecular complexity index is 311. The maximum atomic E-state index is 11.9. The maximum Gasteiger partial charge on any atom is 0.328 e. The van der Waals surface area contributed by atoms with Gasteiger partial charge in [-0.1, -0.05) is 13.8 Å². The van der Waals surface area contributed by atoms with Crippen molar-refractivity contribution in [3.63, 3.8) is 0 Å². The van der Waals surface area contributed by atoms with Gasteiger partial charge < -0.3 is 14.8 Å². The van der Waals surface area contributed by atoms with E-state index in [1.165, 1.54) is 13.5 Å². The van der Waals surface area contributed by atoms with Crippen LogP contribution in [-0.4, -0.2) is 37.7 Å². The fourth-order valence-electron chi connectivity index (χ4n) is 2.42. The molecule has 1 N–H and O–H groups in total. The zero-order chi connectivity index (χ0) is 15.0. The topological polar surface area (TPSA) is 64.6 Å². The van der Waals surface area contributed by atoms with Crippen LogP contribution in [-0.2, 0) is 19.1 Å². The van der Waals surface area contributed by atoms with E-state index in [0.29, 0.717) is 18.8 Å². The summed E-state index contributed by atoms with van der Waals surface area (Å²) in [5.74, 6) is -0.155. The molecule has 1 aliphatic heterocycles. The minimum absolute atomic E-state index is 0.102. The third-order valence-electron chi connectivity index (χ3n) is 3.50. The fourth-order valence-corrected chi connectivity index (χ4v) is 2.42. The highest BCUT2D eigenvalue weighted by molar-refractivity contribution is 5.84. The number of carbonyl (C=O) groups is 2. The van der Waals surface area contributed by atoms with E-state index in [4.69, 9.17) is 9.47 Å². The van der Waals surface area contributed by atoms with Gasteiger partial charge in [-0.2, -0.15) is 0 Å². The molecule has 5 nitrogen and oxygen atoms in total. The quantitative estimate of drug-likeness (QED) is 0.727. The second-order valence-corrected chi connectivity index (χ2v) is 5.80. The van der Waals surface area contributed by atoms with Crippen molar-refractivity contribution < 1.29 is 19.1 Å². The van der Waals surface area contributed by atoms with E-state index in [0.717, 1.165) is 25.9 Å². The molecule has 0 radical (unpaired) electrons. The van der Waals surface area contributed by atoms with Gasteiger partial charge >= 0.3 is 5.97 Å². The van der Waals surface area contributed by atoms with E-state index in [1.54, 1.807) is 0 Å². The van der Waals surface area contributed by atoms with Crippen molar-refractivity contribution in [1.82, 2.24) is 5.32 Å². The first-order chi connectivity index (χ1) is 9.52. The number of carbonyl (C=O) groups excluding carboxylic acids is 2. The van der Waals surface area contributed by atoms with Crippen LogP contribution in [0.1, 0.15) is 52.4 Å². The normalized spacial score (nSPS) is 20.5. The van der Waals surface area contributed by atoms with Gasteiger partial charge in [0.1, 0.15) is 6.04 Å². The van der Waals surface area contributed by atoms with Crippen LogP contribution in [0.25, 0.3) is 0 Å². The van der Waals surface area contributed by atoms with E-state index in [2.05, 4.69) is 5.32 Å². The summed E-state index contributed by atoms with van der Waals surface area (Å²) >= 11 is 0. The van der Waals surface area contributed by atoms with Crippen molar-refractivity contribution in [3.05, 3.63) is 0 Å². The standard InChI is InChI=1S/C15H27NO4/c1-11(2)10-13(15(18)19-3)16-14(17)8-7-12-6-4-5-9-20-12/h11-13H,4-10H2,1-3H3,(H,16,17). The molecule has 2 atom stereocenters. The number of hydrogen-bond acceptors (Lipinski definition) is 4. The van der Waals surface area contributed by atoms with E-state index < -0.39 is 6.04 Å². The highest BCUT2D eigenvalue weighted by Crippen LogP contribution is 2.17. The molecule has 1 saturated heterocycles. The van der Waals surface area contributed by atoms with Crippen LogP contribution in [0.4, 0.5) is 0 Å². The van der Waals surface area contributed by atoms with Crippen molar-refractivity contribution in [2.75, 3.05) is 13.7 Å². The maximum absolute atomic E-state index is 11.9. The van der Waals surface area contributed by atoms with Gasteiger partial charge in [0.2, 0.25) is 5.91 Å². The lowest BCUT2D eigenvalue weighted by atomic mass is 10.0. The molecule has 1 fully saturated rings. The first kappa shape index (κ1) is 17.0. The fraction of sp³-hybridized carbons (Fsp3) is 0.867. The van der Waals surface area contributed by atoms with Crippen molar-refractivity contribution >= 4 is 11.9 Å². The Kier molecular flexibility index (Phi) is 7.59. The number of esters is 1. The van der Waals surface area contributed by atoms with Gasteiger partial charge in [-0.05, 0) is 38.0 Å². The molecule has 2 unspecified atom stereocenters. The first-order valence-corrected chi connectivity index (χ1v) is 7.51. The number of rotatable bonds is 7. The van der Waals surface area contributed by atoms with Gasteiger partial charge in [0.25, 0.3) is 0 Å². The monoisotopic (exact) mass is 285 g/mol. The smallest absolute Gasteiger partial charge is 0.328 e. The van der Waals surface area contributed by atoms with Gasteiger partial charge in [-0.15, -0.1) is 0 Å². The number of amides is 1. The predicted molar refractivity (Wildman–Crippen MR) is 76.2 cm³/mol. The summed E-state index contributed by atoms with van der Waals surface area (Å²) in [7, 11) is 1.34. The molecule has 1 rings (SSSR count). The van der Waals surface area contributed by atoms with E-state index >= 15 is 0 Å². The Morgan fingerprint density at radius 2 is 2.10 bits per heavy atom. The van der Waals surface area contributed by atoms with E-state index in [-0.39, 0.29) is 18.0 Å². The van der Waals surface area contributed by atoms with E-state index in [1.807, 2.05) is 13.8 Å². The third kappa shape index (κ3) is 6.37. The Morgan fingerprint density at radius 3 is 2.65 bits per heavy atom. The molecular weight excluding hydrogens is 258 g/mol. The van der Waals surface area contributed by atoms with Gasteiger partial charge in [0.05, 0.1) is 13.2 Å². The molecule has 1 aliphatic rings. The largest absolute Gasteiger partial charge is 0.467 e. The lowest BCUT2D eigenvalue weighted by Gasteiger charge is -2.23. The third-order valence-corrected chi connectivity index (χ3v) is 3.50. The van der Waals surface area contributed by atoms with Crippen LogP contribution in [0.3, 0.4) is 0 Å². The van der Waals surface area contributed by atoms with Crippen LogP contribution >= 0.6 is 0 Å². The Morgan fingerprint density at radius 1 is 1.35 bits per heavy atom. The SMILES string of the molecule is COC(=O)C(CC(C)C)NC(=O)CCC1CCCCO1. The molecule has 0 aliphatic carbocycles. The van der Waals surface area contributed by atoms with Gasteiger partial charge in [0.15, 0.2) is 0 Å². The van der Waals surface area contributed by atoms with Gasteiger partial charge in [-0.25, -0.2) is 4.79 Å². The summed E-state index contributed by atoms with van der Waals surface area (Å²) in [6, 6.07) is -0.542. The Hall–Kier alpha value is -1.10. The molecule has 1 amide bonds. The zero-order valence-electron chi connectivity index (χ0n) is 12.8. The highest BCUT2D eigenvalue weighted by Gasteiger charge is 2.23. The second-order valence-electron chi connectivity index (χ2n) is 5.80. The molecule has 1 heterocycles. The summed E-state index contributed by atoms with van der Waals surface area (Å²) in [6.45, 7) is 4.82. The number of hydrogen-bond donors (Lipinski definition) is 1. The summed E-state index contributed by atoms with van der Waals surface area (Å²) in [4.78, 5) is 23.6. The van der Waals surface area contributed by atoms with Crippen LogP contribution in [0.2, 0.25) is 0 Å². The summed E-state index contributed by atoms with van der Waals surface area (Å²) in [6.07, 6.45) is 5.22. The van der Waals surface area contributed by atoms with Crippen molar-refractivity contribution in [3.8, 4) is 0 Å². The molecule has 0 aromatic heterocycles. The minimum Gasteiger partial charge on any atom is -0.467 e. The number of nitrogens with one attached hydrogen (secondary N) is 1. The predicted octanol–water partition coefficient (Wildman–Crippen LogP) is 2.04. The average Bonchev–Trinajstić information content (AvgIpc) is 2.44. The van der Waals surface area contributed by atoms with Crippen LogP contribution in [0.15, 0.2) is 0 Å². The second kappa shape index (κ2) is 8.95. The average molecular weight is 285 g/mol. The van der Waals surface area contributed by atoms with Gasteiger partial charge in [0, 0.05) is 13.0 Å². The van der Waals surface area contributed by atoms with E-state index in [9.17, 15) is 9.59 Å². The van der Waals surface area contributed by atoms with Crippen molar-refractivity contribution in [2.24, 2.45) is 5.92 Å². The van der Waals surface area contributed by atoms with Crippen molar-refractivity contribution in [2.45, 2.75) is 64.5 Å². The zero-order valence-corrected chi connectivity index (χ0v) is 12.8. The minimum atomic E-state index is -0.542. The molecule has 0 aromatic rings. The molecule has 20 heavy (non-hydrogen) atoms. The summed E-state index contributed by atoms with van der Waals surface area (Å²) in [5.41, 5.74) is 0. The lowest BCUT2D eigenvalue weighted by Crippen LogP contribution is -2.42. The van der Waals surface area contributed by atoms with Gasteiger partial charge in [-0.3, -0.25) is 4.79 Å². The Labute approximate surface area is 121 Å². The first-order valence-electron chi connectivity index (χ1n) is 7.51. The molecule has 116 valence electrons. The van der Waals surface area contributed by atoms with Crippen LogP contribution in [0.5, 0.6) is 0 Å². The Balaban J connectivity index is 2.34. The molecule has 0 bridgehead atoms.